The maximum atomic E-state index is 9.93. The molecule has 0 aromatic heterocycles. The summed E-state index contributed by atoms with van der Waals surface area (Å²) < 4.78 is 10.6. The molecule has 2 rings (SSSR count). The first-order valence-corrected chi connectivity index (χ1v) is 7.63. The predicted octanol–water partition coefficient (Wildman–Crippen LogP) is 2.42. The maximum Gasteiger partial charge on any atom is 0.170 e. The van der Waals surface area contributed by atoms with Crippen LogP contribution in [0.1, 0.15) is 0 Å². The van der Waals surface area contributed by atoms with Crippen LogP contribution in [0.15, 0.2) is 54.6 Å². The second kappa shape index (κ2) is 8.97. The third-order valence-electron chi connectivity index (χ3n) is 3.03. The standard InChI is InChI=1S/C17H20N2O3S/c1-21-15-7-9-16(10-8-15)22-12-14(20)11-18-17(23)19-13-5-3-2-4-6-13/h2-10,14,20H,11-12H2,1H3,(H2,18,19,23)/t14-/m1/s1. The Bertz CT molecular complexity index is 605. The lowest BCUT2D eigenvalue weighted by Gasteiger charge is -2.15. The van der Waals surface area contributed by atoms with E-state index in [1.54, 1.807) is 31.4 Å². The van der Waals surface area contributed by atoms with Gasteiger partial charge in [0.05, 0.1) is 7.11 Å². The molecule has 0 saturated carbocycles. The van der Waals surface area contributed by atoms with Crippen LogP contribution < -0.4 is 20.1 Å². The smallest absolute Gasteiger partial charge is 0.170 e. The van der Waals surface area contributed by atoms with E-state index < -0.39 is 6.10 Å². The molecule has 2 aromatic rings. The lowest BCUT2D eigenvalue weighted by molar-refractivity contribution is 0.110. The van der Waals surface area contributed by atoms with E-state index in [2.05, 4.69) is 10.6 Å². The van der Waals surface area contributed by atoms with Gasteiger partial charge in [0.25, 0.3) is 0 Å². The number of rotatable bonds is 7. The zero-order valence-corrected chi connectivity index (χ0v) is 13.7. The molecule has 0 aliphatic carbocycles. The van der Waals surface area contributed by atoms with Crippen molar-refractivity contribution in [1.29, 1.82) is 0 Å². The van der Waals surface area contributed by atoms with E-state index in [1.165, 1.54) is 0 Å². The molecule has 23 heavy (non-hydrogen) atoms. The molecule has 122 valence electrons. The quantitative estimate of drug-likeness (QED) is 0.677. The number of aliphatic hydroxyl groups is 1. The molecular weight excluding hydrogens is 312 g/mol. The first-order valence-electron chi connectivity index (χ1n) is 7.22. The van der Waals surface area contributed by atoms with Gasteiger partial charge in [0.15, 0.2) is 5.11 Å². The highest BCUT2D eigenvalue weighted by Gasteiger charge is 2.06. The number of thiocarbonyl (C=S) groups is 1. The number of ether oxygens (including phenoxy) is 2. The monoisotopic (exact) mass is 332 g/mol. The SMILES string of the molecule is COc1ccc(OC[C@H](O)CNC(=S)Nc2ccccc2)cc1. The molecule has 0 bridgehead atoms. The van der Waals surface area contributed by atoms with Crippen LogP contribution in [0.3, 0.4) is 0 Å². The Labute approximate surface area is 141 Å². The summed E-state index contributed by atoms with van der Waals surface area (Å²) in [5.74, 6) is 1.44. The molecule has 0 amide bonds. The fraction of sp³-hybridized carbons (Fsp3) is 0.235. The molecule has 0 saturated heterocycles. The minimum absolute atomic E-state index is 0.174. The number of benzene rings is 2. The van der Waals surface area contributed by atoms with Crippen molar-refractivity contribution in [3.63, 3.8) is 0 Å². The van der Waals surface area contributed by atoms with Gasteiger partial charge in [-0.2, -0.15) is 0 Å². The third-order valence-corrected chi connectivity index (χ3v) is 3.28. The molecule has 2 aromatic carbocycles. The van der Waals surface area contributed by atoms with Crippen molar-refractivity contribution >= 4 is 23.0 Å². The number of hydrogen-bond acceptors (Lipinski definition) is 4. The topological polar surface area (TPSA) is 62.8 Å². The van der Waals surface area contributed by atoms with Crippen molar-refractivity contribution in [2.75, 3.05) is 25.6 Å². The number of aliphatic hydroxyl groups excluding tert-OH is 1. The molecule has 5 nitrogen and oxygen atoms in total. The van der Waals surface area contributed by atoms with Crippen LogP contribution in [-0.4, -0.2) is 36.6 Å². The number of methoxy groups -OCH3 is 1. The zero-order valence-electron chi connectivity index (χ0n) is 12.9. The third kappa shape index (κ3) is 6.14. The predicted molar refractivity (Wildman–Crippen MR) is 95.2 cm³/mol. The van der Waals surface area contributed by atoms with Crippen molar-refractivity contribution in [2.24, 2.45) is 0 Å². The molecule has 0 heterocycles. The lowest BCUT2D eigenvalue weighted by Crippen LogP contribution is -2.37. The van der Waals surface area contributed by atoms with Gasteiger partial charge >= 0.3 is 0 Å². The second-order valence-corrected chi connectivity index (χ2v) is 5.25. The summed E-state index contributed by atoms with van der Waals surface area (Å²) in [6.45, 7) is 0.474. The van der Waals surface area contributed by atoms with Gasteiger partial charge in [0.1, 0.15) is 24.2 Å². The minimum atomic E-state index is -0.673. The maximum absolute atomic E-state index is 9.93. The summed E-state index contributed by atoms with van der Waals surface area (Å²) in [5, 5.41) is 16.4. The fourth-order valence-electron chi connectivity index (χ4n) is 1.83. The Balaban J connectivity index is 1.68. The Morgan fingerprint density at radius 3 is 2.39 bits per heavy atom. The summed E-state index contributed by atoms with van der Waals surface area (Å²) in [6.07, 6.45) is -0.673. The average Bonchev–Trinajstić information content (AvgIpc) is 2.59. The van der Waals surface area contributed by atoms with Crippen molar-refractivity contribution in [3.05, 3.63) is 54.6 Å². The number of para-hydroxylation sites is 1. The highest BCUT2D eigenvalue weighted by molar-refractivity contribution is 7.80. The van der Waals surface area contributed by atoms with Gasteiger partial charge in [0, 0.05) is 12.2 Å². The summed E-state index contributed by atoms with van der Waals surface area (Å²) in [7, 11) is 1.61. The normalized spacial score (nSPS) is 11.4. The van der Waals surface area contributed by atoms with Crippen LogP contribution in [0.5, 0.6) is 11.5 Å². The summed E-state index contributed by atoms with van der Waals surface area (Å²) in [6, 6.07) is 16.8. The first kappa shape index (κ1) is 17.1. The molecular formula is C17H20N2O3S. The Hall–Kier alpha value is -2.31. The number of anilines is 1. The molecule has 6 heteroatoms. The van der Waals surface area contributed by atoms with E-state index in [1.807, 2.05) is 30.3 Å². The van der Waals surface area contributed by atoms with Gasteiger partial charge in [-0.3, -0.25) is 0 Å². The highest BCUT2D eigenvalue weighted by Crippen LogP contribution is 2.17. The van der Waals surface area contributed by atoms with Crippen molar-refractivity contribution in [2.45, 2.75) is 6.10 Å². The molecule has 0 unspecified atom stereocenters. The summed E-state index contributed by atoms with van der Waals surface area (Å²) >= 11 is 5.17. The van der Waals surface area contributed by atoms with Crippen molar-refractivity contribution in [3.8, 4) is 11.5 Å². The van der Waals surface area contributed by atoms with E-state index in [0.29, 0.717) is 17.4 Å². The van der Waals surface area contributed by atoms with Crippen LogP contribution >= 0.6 is 12.2 Å². The number of hydrogen-bond donors (Lipinski definition) is 3. The van der Waals surface area contributed by atoms with Crippen molar-refractivity contribution < 1.29 is 14.6 Å². The molecule has 1 atom stereocenters. The van der Waals surface area contributed by atoms with Crippen LogP contribution in [0, 0.1) is 0 Å². The zero-order chi connectivity index (χ0) is 16.5. The van der Waals surface area contributed by atoms with Crippen LogP contribution in [0.25, 0.3) is 0 Å². The Kier molecular flexibility index (Phi) is 6.65. The van der Waals surface area contributed by atoms with E-state index in [4.69, 9.17) is 21.7 Å². The summed E-state index contributed by atoms with van der Waals surface area (Å²) in [4.78, 5) is 0. The summed E-state index contributed by atoms with van der Waals surface area (Å²) in [5.41, 5.74) is 0.897. The van der Waals surface area contributed by atoms with Gasteiger partial charge in [-0.25, -0.2) is 0 Å². The van der Waals surface area contributed by atoms with Gasteiger partial charge in [0.2, 0.25) is 0 Å². The van der Waals surface area contributed by atoms with Crippen LogP contribution in [0.2, 0.25) is 0 Å². The van der Waals surface area contributed by atoms with Gasteiger partial charge in [-0.1, -0.05) is 18.2 Å². The largest absolute Gasteiger partial charge is 0.497 e. The van der Waals surface area contributed by atoms with Crippen LogP contribution in [-0.2, 0) is 0 Å². The molecule has 0 radical (unpaired) electrons. The molecule has 0 aliphatic heterocycles. The molecule has 0 spiro atoms. The number of nitrogens with one attached hydrogen (secondary N) is 2. The fourth-order valence-corrected chi connectivity index (χ4v) is 2.03. The highest BCUT2D eigenvalue weighted by atomic mass is 32.1. The van der Waals surface area contributed by atoms with Crippen LogP contribution in [0.4, 0.5) is 5.69 Å². The second-order valence-electron chi connectivity index (χ2n) is 4.84. The van der Waals surface area contributed by atoms with Gasteiger partial charge in [-0.15, -0.1) is 0 Å². The minimum Gasteiger partial charge on any atom is -0.497 e. The Morgan fingerprint density at radius 2 is 1.74 bits per heavy atom. The van der Waals surface area contributed by atoms with Crippen molar-refractivity contribution in [1.82, 2.24) is 5.32 Å². The van der Waals surface area contributed by atoms with E-state index in [9.17, 15) is 5.11 Å². The van der Waals surface area contributed by atoms with E-state index in [-0.39, 0.29) is 6.61 Å². The van der Waals surface area contributed by atoms with Gasteiger partial charge in [-0.05, 0) is 48.6 Å². The molecule has 0 aliphatic rings. The average molecular weight is 332 g/mol. The first-order chi connectivity index (χ1) is 11.2. The van der Waals surface area contributed by atoms with Gasteiger partial charge < -0.3 is 25.2 Å². The van der Waals surface area contributed by atoms with E-state index in [0.717, 1.165) is 11.4 Å². The lowest BCUT2D eigenvalue weighted by atomic mass is 10.3. The Morgan fingerprint density at radius 1 is 1.09 bits per heavy atom. The molecule has 3 N–H and O–H groups in total. The van der Waals surface area contributed by atoms with E-state index >= 15 is 0 Å². The molecule has 0 fully saturated rings.